The van der Waals surface area contributed by atoms with Crippen LogP contribution in [0.5, 0.6) is 0 Å². The molecule has 1 aliphatic heterocycles. The molecule has 23 heavy (non-hydrogen) atoms. The Kier molecular flexibility index (Phi) is 3.90. The van der Waals surface area contributed by atoms with Crippen molar-refractivity contribution in [2.75, 3.05) is 31.1 Å². The van der Waals surface area contributed by atoms with Crippen molar-refractivity contribution < 1.29 is 0 Å². The second-order valence-electron chi connectivity index (χ2n) is 5.75. The van der Waals surface area contributed by atoms with E-state index in [0.717, 1.165) is 59.0 Å². The lowest BCUT2D eigenvalue weighted by Gasteiger charge is -2.30. The smallest absolute Gasteiger partial charge is 0.148 e. The molecule has 116 valence electrons. The lowest BCUT2D eigenvalue weighted by molar-refractivity contribution is 0.585. The zero-order chi connectivity index (χ0) is 15.6. The van der Waals surface area contributed by atoms with Gasteiger partial charge in [-0.3, -0.25) is 0 Å². The van der Waals surface area contributed by atoms with Crippen LogP contribution in [0.2, 0.25) is 5.02 Å². The van der Waals surface area contributed by atoms with Gasteiger partial charge in [-0.25, -0.2) is 4.98 Å². The maximum atomic E-state index is 6.71. The fourth-order valence-electron chi connectivity index (χ4n) is 3.12. The zero-order valence-electron chi connectivity index (χ0n) is 12.8. The van der Waals surface area contributed by atoms with Gasteiger partial charge in [0.25, 0.3) is 0 Å². The summed E-state index contributed by atoms with van der Waals surface area (Å²) in [6, 6.07) is 18.6. The van der Waals surface area contributed by atoms with Crippen LogP contribution in [-0.2, 0) is 0 Å². The van der Waals surface area contributed by atoms with E-state index in [1.54, 1.807) is 0 Å². The van der Waals surface area contributed by atoms with Crippen LogP contribution in [0.25, 0.3) is 22.0 Å². The zero-order valence-corrected chi connectivity index (χ0v) is 13.6. The van der Waals surface area contributed by atoms with Gasteiger partial charge in [0, 0.05) is 42.5 Å². The van der Waals surface area contributed by atoms with Crippen molar-refractivity contribution in [1.82, 2.24) is 10.3 Å². The average Bonchev–Trinajstić information content (AvgIpc) is 2.64. The first-order valence-corrected chi connectivity index (χ1v) is 8.32. The highest BCUT2D eigenvalue weighted by Crippen LogP contribution is 2.37. The highest BCUT2D eigenvalue weighted by molar-refractivity contribution is 6.38. The number of benzene rings is 2. The summed E-state index contributed by atoms with van der Waals surface area (Å²) in [4.78, 5) is 7.24. The van der Waals surface area contributed by atoms with Gasteiger partial charge in [0.15, 0.2) is 0 Å². The third-order valence-electron chi connectivity index (χ3n) is 4.30. The van der Waals surface area contributed by atoms with E-state index >= 15 is 0 Å². The Hall–Kier alpha value is -2.10. The summed E-state index contributed by atoms with van der Waals surface area (Å²) in [5.74, 6) is 0.894. The molecule has 0 atom stereocenters. The van der Waals surface area contributed by atoms with E-state index in [-0.39, 0.29) is 0 Å². The molecule has 0 radical (unpaired) electrons. The number of nitrogens with one attached hydrogen (secondary N) is 1. The molecule has 0 unspecified atom stereocenters. The minimum Gasteiger partial charge on any atom is -0.353 e. The number of fused-ring (bicyclic) bond motifs is 1. The minimum absolute atomic E-state index is 0.752. The van der Waals surface area contributed by atoms with Gasteiger partial charge >= 0.3 is 0 Å². The number of hydrogen-bond donors (Lipinski definition) is 1. The predicted octanol–water partition coefficient (Wildman–Crippen LogP) is 3.96. The molecule has 0 saturated carbocycles. The van der Waals surface area contributed by atoms with Crippen molar-refractivity contribution in [3.8, 4) is 11.3 Å². The van der Waals surface area contributed by atoms with Gasteiger partial charge in [-0.05, 0) is 0 Å². The fraction of sp³-hybridized carbons (Fsp3) is 0.211. The van der Waals surface area contributed by atoms with E-state index in [1.807, 2.05) is 30.3 Å². The van der Waals surface area contributed by atoms with Gasteiger partial charge in [-0.1, -0.05) is 66.2 Å². The van der Waals surface area contributed by atoms with E-state index in [2.05, 4.69) is 34.5 Å². The SMILES string of the molecule is Clc1c(N2CCNCC2)nc(-c2ccccc2)c2ccccc12. The molecule has 1 fully saturated rings. The number of halogens is 1. The average molecular weight is 324 g/mol. The molecule has 1 saturated heterocycles. The molecule has 1 N–H and O–H groups in total. The molecule has 0 bridgehead atoms. The number of nitrogens with zero attached hydrogens (tertiary/aromatic N) is 2. The number of pyridine rings is 1. The van der Waals surface area contributed by atoms with Crippen molar-refractivity contribution in [3.05, 3.63) is 59.6 Å². The molecule has 2 aromatic carbocycles. The molecular formula is C19H18ClN3. The van der Waals surface area contributed by atoms with Crippen LogP contribution in [0.15, 0.2) is 54.6 Å². The third-order valence-corrected chi connectivity index (χ3v) is 4.67. The van der Waals surface area contributed by atoms with Crippen molar-refractivity contribution in [3.63, 3.8) is 0 Å². The second-order valence-corrected chi connectivity index (χ2v) is 6.12. The van der Waals surface area contributed by atoms with E-state index in [4.69, 9.17) is 16.6 Å². The van der Waals surface area contributed by atoms with E-state index in [9.17, 15) is 0 Å². The monoisotopic (exact) mass is 323 g/mol. The van der Waals surface area contributed by atoms with Gasteiger partial charge in [-0.2, -0.15) is 0 Å². The number of aromatic nitrogens is 1. The Labute approximate surface area is 140 Å². The normalized spacial score (nSPS) is 15.1. The molecule has 4 heteroatoms. The molecular weight excluding hydrogens is 306 g/mol. The second kappa shape index (κ2) is 6.19. The van der Waals surface area contributed by atoms with Crippen LogP contribution in [0.4, 0.5) is 5.82 Å². The molecule has 0 aliphatic carbocycles. The Balaban J connectivity index is 1.95. The van der Waals surface area contributed by atoms with Crippen molar-refractivity contribution in [2.24, 2.45) is 0 Å². The molecule has 4 rings (SSSR count). The summed E-state index contributed by atoms with van der Waals surface area (Å²) in [6.45, 7) is 3.79. The molecule has 0 spiro atoms. The Bertz CT molecular complexity index is 827. The fourth-order valence-corrected chi connectivity index (χ4v) is 3.45. The Morgan fingerprint density at radius 3 is 2.26 bits per heavy atom. The van der Waals surface area contributed by atoms with Crippen molar-refractivity contribution in [2.45, 2.75) is 0 Å². The van der Waals surface area contributed by atoms with E-state index < -0.39 is 0 Å². The number of piperazine rings is 1. The van der Waals surface area contributed by atoms with Gasteiger partial charge in [0.05, 0.1) is 10.7 Å². The maximum absolute atomic E-state index is 6.71. The first-order valence-electron chi connectivity index (χ1n) is 7.94. The quantitative estimate of drug-likeness (QED) is 0.773. The lowest BCUT2D eigenvalue weighted by atomic mass is 10.0. The highest BCUT2D eigenvalue weighted by Gasteiger charge is 2.19. The lowest BCUT2D eigenvalue weighted by Crippen LogP contribution is -2.44. The summed E-state index contributed by atoms with van der Waals surface area (Å²) >= 11 is 6.71. The van der Waals surface area contributed by atoms with Crippen molar-refractivity contribution >= 4 is 28.2 Å². The number of rotatable bonds is 2. The van der Waals surface area contributed by atoms with Crippen molar-refractivity contribution in [1.29, 1.82) is 0 Å². The maximum Gasteiger partial charge on any atom is 0.148 e. The summed E-state index contributed by atoms with van der Waals surface area (Å²) < 4.78 is 0. The molecule has 3 nitrogen and oxygen atoms in total. The van der Waals surface area contributed by atoms with Gasteiger partial charge in [0.2, 0.25) is 0 Å². The molecule has 1 aromatic heterocycles. The Morgan fingerprint density at radius 1 is 0.870 bits per heavy atom. The van der Waals surface area contributed by atoms with Crippen LogP contribution in [0, 0.1) is 0 Å². The number of hydrogen-bond acceptors (Lipinski definition) is 3. The minimum atomic E-state index is 0.752. The van der Waals surface area contributed by atoms with E-state index in [0.29, 0.717) is 0 Å². The largest absolute Gasteiger partial charge is 0.353 e. The highest BCUT2D eigenvalue weighted by atomic mass is 35.5. The van der Waals surface area contributed by atoms with Crippen LogP contribution in [-0.4, -0.2) is 31.2 Å². The van der Waals surface area contributed by atoms with Crippen LogP contribution in [0.1, 0.15) is 0 Å². The first kappa shape index (κ1) is 14.5. The third kappa shape index (κ3) is 2.67. The molecule has 1 aliphatic rings. The summed E-state index contributed by atoms with van der Waals surface area (Å²) in [5.41, 5.74) is 2.12. The van der Waals surface area contributed by atoms with Crippen LogP contribution in [0.3, 0.4) is 0 Å². The number of anilines is 1. The van der Waals surface area contributed by atoms with Gasteiger partial charge < -0.3 is 10.2 Å². The predicted molar refractivity (Wildman–Crippen MR) is 97.3 cm³/mol. The molecule has 2 heterocycles. The summed E-state index contributed by atoms with van der Waals surface area (Å²) in [5, 5.41) is 6.29. The van der Waals surface area contributed by atoms with E-state index in [1.165, 1.54) is 0 Å². The van der Waals surface area contributed by atoms with Gasteiger partial charge in [0.1, 0.15) is 5.82 Å². The van der Waals surface area contributed by atoms with Crippen LogP contribution < -0.4 is 10.2 Å². The Morgan fingerprint density at radius 2 is 1.52 bits per heavy atom. The summed E-state index contributed by atoms with van der Waals surface area (Å²) in [7, 11) is 0. The van der Waals surface area contributed by atoms with Crippen LogP contribution >= 0.6 is 11.6 Å². The molecule has 3 aromatic rings. The first-order chi connectivity index (χ1) is 11.3. The summed E-state index contributed by atoms with van der Waals surface area (Å²) in [6.07, 6.45) is 0. The molecule has 0 amide bonds. The topological polar surface area (TPSA) is 28.2 Å². The van der Waals surface area contributed by atoms with Gasteiger partial charge in [-0.15, -0.1) is 0 Å². The standard InChI is InChI=1S/C19H18ClN3/c20-17-15-8-4-5-9-16(15)18(14-6-2-1-3-7-14)22-19(17)23-12-10-21-11-13-23/h1-9,21H,10-13H2.